The van der Waals surface area contributed by atoms with Crippen molar-refractivity contribution in [3.8, 4) is 0 Å². The Bertz CT molecular complexity index is 1130. The molecule has 2 heterocycles. The van der Waals surface area contributed by atoms with E-state index >= 15 is 0 Å². The summed E-state index contributed by atoms with van der Waals surface area (Å²) in [6.45, 7) is 2.33. The van der Waals surface area contributed by atoms with Gasteiger partial charge < -0.3 is 0 Å². The van der Waals surface area contributed by atoms with Crippen LogP contribution in [0.15, 0.2) is 48.5 Å². The van der Waals surface area contributed by atoms with E-state index in [0.29, 0.717) is 30.9 Å². The third-order valence-electron chi connectivity index (χ3n) is 4.23. The van der Waals surface area contributed by atoms with Gasteiger partial charge in [0.25, 0.3) is 5.91 Å². The molecule has 1 amide bonds. The lowest BCUT2D eigenvalue weighted by Gasteiger charge is -2.19. The summed E-state index contributed by atoms with van der Waals surface area (Å²) in [6, 6.07) is 15.1. The fourth-order valence-electron chi connectivity index (χ4n) is 2.83. The van der Waals surface area contributed by atoms with Crippen LogP contribution >= 0.6 is 57.5 Å². The van der Waals surface area contributed by atoms with Gasteiger partial charge >= 0.3 is 0 Å². The predicted molar refractivity (Wildman–Crippen MR) is 121 cm³/mol. The topological polar surface area (TPSA) is 33.2 Å². The maximum atomic E-state index is 13.4. The summed E-state index contributed by atoms with van der Waals surface area (Å²) in [5.41, 5.74) is 3.16. The zero-order valence-corrected chi connectivity index (χ0v) is 18.5. The number of nitrogens with zero attached hydrogens (tertiary/aromatic N) is 2. The SMILES string of the molecule is Cc1ccc(Cl)c2sc(N(Cc3ccccc3)C(=O)c3cc(Cl)sc3Cl)nc12. The number of hydrogen-bond donors (Lipinski definition) is 0. The molecule has 142 valence electrons. The number of fused-ring (bicyclic) bond motifs is 1. The number of carbonyl (C=O) groups is 1. The Balaban J connectivity index is 1.83. The number of rotatable bonds is 4. The number of anilines is 1. The van der Waals surface area contributed by atoms with Crippen molar-refractivity contribution in [2.75, 3.05) is 4.90 Å². The molecule has 0 aliphatic heterocycles. The van der Waals surface area contributed by atoms with Gasteiger partial charge in [0.1, 0.15) is 4.34 Å². The van der Waals surface area contributed by atoms with E-state index in [4.69, 9.17) is 39.8 Å². The van der Waals surface area contributed by atoms with Gasteiger partial charge in [-0.05, 0) is 30.2 Å². The molecule has 0 saturated heterocycles. The molecule has 2 aromatic carbocycles. The van der Waals surface area contributed by atoms with E-state index in [1.165, 1.54) is 22.7 Å². The Morgan fingerprint density at radius 2 is 1.82 bits per heavy atom. The molecule has 0 saturated carbocycles. The average molecular weight is 468 g/mol. The van der Waals surface area contributed by atoms with Crippen LogP contribution < -0.4 is 4.90 Å². The Morgan fingerprint density at radius 1 is 1.07 bits per heavy atom. The number of thiophene rings is 1. The summed E-state index contributed by atoms with van der Waals surface area (Å²) >= 11 is 21.2. The molecule has 0 atom stereocenters. The van der Waals surface area contributed by atoms with E-state index in [0.717, 1.165) is 21.3 Å². The molecular formula is C20H13Cl3N2OS2. The van der Waals surface area contributed by atoms with Crippen LogP contribution in [0.5, 0.6) is 0 Å². The zero-order chi connectivity index (χ0) is 19.8. The number of halogens is 3. The first-order chi connectivity index (χ1) is 13.4. The maximum Gasteiger partial charge on any atom is 0.262 e. The van der Waals surface area contributed by atoms with Gasteiger partial charge in [-0.1, -0.05) is 82.5 Å². The fraction of sp³-hybridized carbons (Fsp3) is 0.100. The second-order valence-corrected chi connectivity index (χ2v) is 9.82. The molecule has 0 aliphatic carbocycles. The van der Waals surface area contributed by atoms with Crippen LogP contribution in [0.2, 0.25) is 13.7 Å². The van der Waals surface area contributed by atoms with Crippen molar-refractivity contribution in [2.45, 2.75) is 13.5 Å². The van der Waals surface area contributed by atoms with Crippen molar-refractivity contribution in [1.29, 1.82) is 0 Å². The Labute approximate surface area is 185 Å². The number of amides is 1. The normalized spacial score (nSPS) is 11.1. The minimum Gasteiger partial charge on any atom is -0.279 e. The Kier molecular flexibility index (Phi) is 5.63. The molecule has 3 nitrogen and oxygen atoms in total. The molecule has 4 aromatic rings. The van der Waals surface area contributed by atoms with E-state index in [2.05, 4.69) is 0 Å². The van der Waals surface area contributed by atoms with E-state index in [1.807, 2.05) is 49.4 Å². The number of aryl methyl sites for hydroxylation is 1. The summed E-state index contributed by atoms with van der Waals surface area (Å²) in [6.07, 6.45) is 0. The van der Waals surface area contributed by atoms with E-state index < -0.39 is 0 Å². The summed E-state index contributed by atoms with van der Waals surface area (Å²) in [5.74, 6) is -0.246. The second-order valence-electron chi connectivity index (χ2n) is 6.15. The van der Waals surface area contributed by atoms with Crippen molar-refractivity contribution in [3.05, 3.63) is 78.9 Å². The average Bonchev–Trinajstić information content (AvgIpc) is 3.27. The lowest BCUT2D eigenvalue weighted by molar-refractivity contribution is 0.0985. The quantitative estimate of drug-likeness (QED) is 0.312. The first kappa shape index (κ1) is 19.7. The fourth-order valence-corrected chi connectivity index (χ4v) is 5.59. The number of thiazole rings is 1. The predicted octanol–water partition coefficient (Wildman–Crippen LogP) is 7.47. The van der Waals surface area contributed by atoms with Crippen LogP contribution in [0.3, 0.4) is 0 Å². The van der Waals surface area contributed by atoms with Crippen molar-refractivity contribution in [1.82, 2.24) is 4.98 Å². The van der Waals surface area contributed by atoms with Crippen LogP contribution in [0, 0.1) is 6.92 Å². The smallest absolute Gasteiger partial charge is 0.262 e. The molecule has 0 fully saturated rings. The molecule has 0 N–H and O–H groups in total. The summed E-state index contributed by atoms with van der Waals surface area (Å²) in [4.78, 5) is 19.7. The molecule has 2 aromatic heterocycles. The van der Waals surface area contributed by atoms with Crippen molar-refractivity contribution in [3.63, 3.8) is 0 Å². The highest BCUT2D eigenvalue weighted by atomic mass is 35.5. The number of aromatic nitrogens is 1. The molecule has 0 aliphatic rings. The number of benzene rings is 2. The number of hydrogen-bond acceptors (Lipinski definition) is 4. The van der Waals surface area contributed by atoms with Gasteiger partial charge in [0.05, 0.1) is 31.7 Å². The molecule has 4 rings (SSSR count). The van der Waals surface area contributed by atoms with Gasteiger partial charge in [-0.3, -0.25) is 9.69 Å². The van der Waals surface area contributed by atoms with Gasteiger partial charge in [0.2, 0.25) is 0 Å². The lowest BCUT2D eigenvalue weighted by atomic mass is 10.2. The highest BCUT2D eigenvalue weighted by Crippen LogP contribution is 2.38. The van der Waals surface area contributed by atoms with Crippen molar-refractivity contribution >= 4 is 78.7 Å². The highest BCUT2D eigenvalue weighted by Gasteiger charge is 2.26. The van der Waals surface area contributed by atoms with Gasteiger partial charge in [-0.2, -0.15) is 0 Å². The molecule has 0 unspecified atom stereocenters. The van der Waals surface area contributed by atoms with Crippen LogP contribution in [-0.2, 0) is 6.54 Å². The van der Waals surface area contributed by atoms with E-state index in [1.54, 1.807) is 11.0 Å². The monoisotopic (exact) mass is 466 g/mol. The first-order valence-electron chi connectivity index (χ1n) is 8.30. The molecule has 0 bridgehead atoms. The summed E-state index contributed by atoms with van der Waals surface area (Å²) < 4.78 is 1.69. The van der Waals surface area contributed by atoms with Gasteiger partial charge in [0.15, 0.2) is 5.13 Å². The maximum absolute atomic E-state index is 13.4. The van der Waals surface area contributed by atoms with Crippen LogP contribution in [0.1, 0.15) is 21.5 Å². The minimum absolute atomic E-state index is 0.246. The summed E-state index contributed by atoms with van der Waals surface area (Å²) in [5, 5.41) is 1.19. The first-order valence-corrected chi connectivity index (χ1v) is 11.1. The zero-order valence-electron chi connectivity index (χ0n) is 14.6. The third kappa shape index (κ3) is 3.78. The van der Waals surface area contributed by atoms with E-state index in [9.17, 15) is 4.79 Å². The summed E-state index contributed by atoms with van der Waals surface area (Å²) in [7, 11) is 0. The Hall–Kier alpha value is -1.63. The Morgan fingerprint density at radius 3 is 2.46 bits per heavy atom. The largest absolute Gasteiger partial charge is 0.279 e. The minimum atomic E-state index is -0.246. The molecular weight excluding hydrogens is 455 g/mol. The van der Waals surface area contributed by atoms with Crippen LogP contribution in [0.4, 0.5) is 5.13 Å². The molecule has 8 heteroatoms. The lowest BCUT2D eigenvalue weighted by Crippen LogP contribution is -2.30. The van der Waals surface area contributed by atoms with Crippen molar-refractivity contribution in [2.24, 2.45) is 0 Å². The third-order valence-corrected chi connectivity index (χ3v) is 7.26. The number of carbonyl (C=O) groups excluding carboxylic acids is 1. The molecule has 0 spiro atoms. The van der Waals surface area contributed by atoms with Gasteiger partial charge in [-0.25, -0.2) is 4.98 Å². The van der Waals surface area contributed by atoms with Gasteiger partial charge in [-0.15, -0.1) is 11.3 Å². The highest BCUT2D eigenvalue weighted by molar-refractivity contribution is 7.23. The van der Waals surface area contributed by atoms with Crippen molar-refractivity contribution < 1.29 is 4.79 Å². The van der Waals surface area contributed by atoms with E-state index in [-0.39, 0.29) is 5.91 Å². The standard InChI is InChI=1S/C20H13Cl3N2OS2/c1-11-7-8-14(21)17-16(11)24-20(28-17)25(10-12-5-3-2-4-6-12)19(26)13-9-15(22)27-18(13)23/h2-9H,10H2,1H3. The molecule has 0 radical (unpaired) electrons. The van der Waals surface area contributed by atoms with Crippen LogP contribution in [0.25, 0.3) is 10.2 Å². The second kappa shape index (κ2) is 8.01. The van der Waals surface area contributed by atoms with Gasteiger partial charge in [0, 0.05) is 0 Å². The molecule has 28 heavy (non-hydrogen) atoms. The van der Waals surface area contributed by atoms with Crippen LogP contribution in [-0.4, -0.2) is 10.9 Å².